The number of nitrogens with zero attached hydrogens (tertiary/aromatic N) is 1. The predicted molar refractivity (Wildman–Crippen MR) is 59.3 cm³/mol. The lowest BCUT2D eigenvalue weighted by Gasteiger charge is -2.13. The van der Waals surface area contributed by atoms with Gasteiger partial charge < -0.3 is 0 Å². The zero-order valence-electron chi connectivity index (χ0n) is 8.20. The van der Waals surface area contributed by atoms with E-state index < -0.39 is 0 Å². The first-order chi connectivity index (χ1) is 6.66. The van der Waals surface area contributed by atoms with Gasteiger partial charge in [-0.05, 0) is 31.5 Å². The third-order valence-electron chi connectivity index (χ3n) is 2.32. The Morgan fingerprint density at radius 2 is 1.93 bits per heavy atom. The third-order valence-corrected chi connectivity index (χ3v) is 3.69. The van der Waals surface area contributed by atoms with E-state index in [1.807, 2.05) is 19.1 Å². The second-order valence-electron chi connectivity index (χ2n) is 3.48. The van der Waals surface area contributed by atoms with E-state index in [1.165, 1.54) is 12.1 Å². The van der Waals surface area contributed by atoms with Gasteiger partial charge in [-0.25, -0.2) is 4.39 Å². The highest BCUT2D eigenvalue weighted by Gasteiger charge is 2.25. The molecule has 0 N–H and O–H groups in total. The Morgan fingerprint density at radius 3 is 2.43 bits per heavy atom. The van der Waals surface area contributed by atoms with Crippen LogP contribution in [0.4, 0.5) is 4.39 Å². The molecule has 2 atom stereocenters. The molecule has 14 heavy (non-hydrogen) atoms. The van der Waals surface area contributed by atoms with Crippen LogP contribution < -0.4 is 0 Å². The van der Waals surface area contributed by atoms with E-state index in [9.17, 15) is 4.39 Å². The van der Waals surface area contributed by atoms with E-state index in [1.54, 1.807) is 11.8 Å². The number of aliphatic imine (C=N–C) groups is 1. The summed E-state index contributed by atoms with van der Waals surface area (Å²) in [5.41, 5.74) is 1.16. The number of rotatable bonds is 1. The average molecular weight is 209 g/mol. The topological polar surface area (TPSA) is 12.4 Å². The van der Waals surface area contributed by atoms with Crippen molar-refractivity contribution in [2.24, 2.45) is 4.99 Å². The zero-order chi connectivity index (χ0) is 10.1. The van der Waals surface area contributed by atoms with Crippen molar-refractivity contribution >= 4 is 16.8 Å². The summed E-state index contributed by atoms with van der Waals surface area (Å²) in [4.78, 5) is 4.46. The summed E-state index contributed by atoms with van der Waals surface area (Å²) < 4.78 is 12.7. The maximum absolute atomic E-state index is 12.7. The van der Waals surface area contributed by atoms with Crippen LogP contribution in [-0.2, 0) is 0 Å². The van der Waals surface area contributed by atoms with Crippen molar-refractivity contribution < 1.29 is 4.39 Å². The number of thioether (sulfide) groups is 1. The minimum absolute atomic E-state index is 0.179. The Labute approximate surface area is 87.4 Å². The molecule has 0 bridgehead atoms. The summed E-state index contributed by atoms with van der Waals surface area (Å²) in [6.07, 6.45) is 0. The van der Waals surface area contributed by atoms with Gasteiger partial charge in [0.05, 0.1) is 16.3 Å². The normalized spacial score (nSPS) is 26.4. The number of benzene rings is 1. The first-order valence-electron chi connectivity index (χ1n) is 4.63. The number of hydrogen-bond acceptors (Lipinski definition) is 2. The zero-order valence-corrected chi connectivity index (χ0v) is 9.01. The molecular formula is C11H12FNS. The maximum Gasteiger partial charge on any atom is 0.123 e. The lowest BCUT2D eigenvalue weighted by atomic mass is 10.1. The van der Waals surface area contributed by atoms with Gasteiger partial charge in [0.2, 0.25) is 0 Å². The van der Waals surface area contributed by atoms with Crippen molar-refractivity contribution in [3.63, 3.8) is 0 Å². The fraction of sp³-hybridized carbons (Fsp3) is 0.364. The Kier molecular flexibility index (Phi) is 2.59. The number of hydrogen-bond donors (Lipinski definition) is 0. The summed E-state index contributed by atoms with van der Waals surface area (Å²) in [7, 11) is 0. The van der Waals surface area contributed by atoms with Crippen LogP contribution >= 0.6 is 11.8 Å². The van der Waals surface area contributed by atoms with Crippen LogP contribution in [0.1, 0.15) is 24.7 Å². The smallest absolute Gasteiger partial charge is 0.123 e. The molecule has 0 saturated heterocycles. The summed E-state index contributed by atoms with van der Waals surface area (Å²) in [6, 6.07) is 7.01. The molecule has 0 amide bonds. The molecule has 0 saturated carbocycles. The van der Waals surface area contributed by atoms with Gasteiger partial charge in [-0.15, -0.1) is 11.8 Å². The van der Waals surface area contributed by atoms with Gasteiger partial charge in [0.1, 0.15) is 5.82 Å². The van der Waals surface area contributed by atoms with Crippen LogP contribution in [0.3, 0.4) is 0 Å². The maximum atomic E-state index is 12.7. The minimum Gasteiger partial charge on any atom is -0.279 e. The van der Waals surface area contributed by atoms with E-state index in [0.29, 0.717) is 11.3 Å². The van der Waals surface area contributed by atoms with Crippen molar-refractivity contribution in [3.05, 3.63) is 35.6 Å². The molecule has 0 aliphatic carbocycles. The van der Waals surface area contributed by atoms with Gasteiger partial charge in [0.25, 0.3) is 0 Å². The Bertz CT molecular complexity index is 358. The van der Waals surface area contributed by atoms with Crippen LogP contribution in [0, 0.1) is 5.82 Å². The standard InChI is InChI=1S/C11H12FNS/c1-7-11(14-8(2)13-7)9-3-5-10(12)6-4-9/h3-7,11H,1-2H3/t7-,11?/m1/s1. The molecular weight excluding hydrogens is 197 g/mol. The van der Waals surface area contributed by atoms with E-state index >= 15 is 0 Å². The summed E-state index contributed by atoms with van der Waals surface area (Å²) in [5, 5.41) is 1.47. The Balaban J connectivity index is 2.21. The first kappa shape index (κ1) is 9.71. The lowest BCUT2D eigenvalue weighted by molar-refractivity contribution is 0.626. The molecule has 0 aromatic heterocycles. The summed E-state index contributed by atoms with van der Waals surface area (Å²) in [6.45, 7) is 4.11. The Hall–Kier alpha value is -0.830. The highest BCUT2D eigenvalue weighted by molar-refractivity contribution is 8.14. The van der Waals surface area contributed by atoms with Gasteiger partial charge in [-0.2, -0.15) is 0 Å². The van der Waals surface area contributed by atoms with Crippen molar-refractivity contribution in [3.8, 4) is 0 Å². The molecule has 1 aliphatic heterocycles. The summed E-state index contributed by atoms with van der Waals surface area (Å²) >= 11 is 1.76. The molecule has 0 radical (unpaired) electrons. The van der Waals surface area contributed by atoms with E-state index in [4.69, 9.17) is 0 Å². The fourth-order valence-electron chi connectivity index (χ4n) is 1.67. The van der Waals surface area contributed by atoms with E-state index in [-0.39, 0.29) is 5.82 Å². The van der Waals surface area contributed by atoms with Gasteiger partial charge in [-0.1, -0.05) is 12.1 Å². The first-order valence-corrected chi connectivity index (χ1v) is 5.51. The molecule has 1 heterocycles. The van der Waals surface area contributed by atoms with Crippen LogP contribution in [0.15, 0.2) is 29.3 Å². The molecule has 3 heteroatoms. The van der Waals surface area contributed by atoms with Crippen LogP contribution in [0.2, 0.25) is 0 Å². The molecule has 1 aromatic rings. The van der Waals surface area contributed by atoms with Gasteiger partial charge in [-0.3, -0.25) is 4.99 Å². The van der Waals surface area contributed by atoms with E-state index in [2.05, 4.69) is 11.9 Å². The molecule has 0 fully saturated rings. The van der Waals surface area contributed by atoms with Gasteiger partial charge in [0, 0.05) is 0 Å². The second kappa shape index (κ2) is 3.73. The molecule has 0 spiro atoms. The van der Waals surface area contributed by atoms with Crippen LogP contribution in [0.25, 0.3) is 0 Å². The van der Waals surface area contributed by atoms with Gasteiger partial charge >= 0.3 is 0 Å². The van der Waals surface area contributed by atoms with Crippen molar-refractivity contribution in [2.45, 2.75) is 25.1 Å². The van der Waals surface area contributed by atoms with E-state index in [0.717, 1.165) is 10.6 Å². The highest BCUT2D eigenvalue weighted by atomic mass is 32.2. The third kappa shape index (κ3) is 1.82. The monoisotopic (exact) mass is 209 g/mol. The Morgan fingerprint density at radius 1 is 1.29 bits per heavy atom. The van der Waals surface area contributed by atoms with Crippen LogP contribution in [0.5, 0.6) is 0 Å². The minimum atomic E-state index is -0.179. The van der Waals surface area contributed by atoms with Crippen molar-refractivity contribution in [1.82, 2.24) is 0 Å². The van der Waals surface area contributed by atoms with Crippen molar-refractivity contribution in [1.29, 1.82) is 0 Å². The quantitative estimate of drug-likeness (QED) is 0.690. The van der Waals surface area contributed by atoms with Crippen LogP contribution in [-0.4, -0.2) is 11.1 Å². The predicted octanol–water partition coefficient (Wildman–Crippen LogP) is 3.42. The van der Waals surface area contributed by atoms with Gasteiger partial charge in [0.15, 0.2) is 0 Å². The SMILES string of the molecule is CC1=N[C@H](C)C(c2ccc(F)cc2)S1. The van der Waals surface area contributed by atoms with Crippen molar-refractivity contribution in [2.75, 3.05) is 0 Å². The molecule has 1 unspecified atom stereocenters. The summed E-state index contributed by atoms with van der Waals surface area (Å²) in [5.74, 6) is -0.179. The molecule has 1 aromatic carbocycles. The molecule has 1 nitrogen and oxygen atoms in total. The second-order valence-corrected chi connectivity index (χ2v) is 4.81. The highest BCUT2D eigenvalue weighted by Crippen LogP contribution is 2.39. The lowest BCUT2D eigenvalue weighted by Crippen LogP contribution is -2.04. The largest absolute Gasteiger partial charge is 0.279 e. The average Bonchev–Trinajstić information content (AvgIpc) is 2.47. The number of halogens is 1. The molecule has 2 rings (SSSR count). The fourth-order valence-corrected chi connectivity index (χ4v) is 2.81. The molecule has 74 valence electrons. The molecule has 1 aliphatic rings.